The second kappa shape index (κ2) is 6.98. The first-order valence-electron chi connectivity index (χ1n) is 8.88. The van der Waals surface area contributed by atoms with Gasteiger partial charge >= 0.3 is 0 Å². The zero-order valence-electron chi connectivity index (χ0n) is 16.3. The normalized spacial score (nSPS) is 13.4. The lowest BCUT2D eigenvalue weighted by atomic mass is 10.1. The topological polar surface area (TPSA) is 184 Å². The summed E-state index contributed by atoms with van der Waals surface area (Å²) < 4.78 is 4.85. The third kappa shape index (κ3) is 3.04. The van der Waals surface area contributed by atoms with E-state index in [9.17, 15) is 20.2 Å². The average Bonchev–Trinajstić information content (AvgIpc) is 3.19. The van der Waals surface area contributed by atoms with Crippen LogP contribution in [-0.2, 0) is 0 Å². The Morgan fingerprint density at radius 2 is 1.19 bits per heavy atom. The SMILES string of the molecule is Cc1ccc(N2C(N)=C(N)N(c3ccc(C)cc3[N+](=O)[O-])c3nonc32)c([N+](=O)[O-])c1. The molecule has 13 heteroatoms. The molecule has 31 heavy (non-hydrogen) atoms. The molecule has 0 saturated carbocycles. The smallest absolute Gasteiger partial charge is 0.293 e. The lowest BCUT2D eigenvalue weighted by molar-refractivity contribution is -0.384. The van der Waals surface area contributed by atoms with Crippen LogP contribution in [0, 0.1) is 34.1 Å². The zero-order valence-corrected chi connectivity index (χ0v) is 16.3. The summed E-state index contributed by atoms with van der Waals surface area (Å²) in [5.74, 6) is -0.280. The van der Waals surface area contributed by atoms with Gasteiger partial charge < -0.3 is 11.5 Å². The number of nitrogens with zero attached hydrogens (tertiary/aromatic N) is 6. The van der Waals surface area contributed by atoms with Crippen LogP contribution in [-0.4, -0.2) is 20.2 Å². The molecule has 3 aromatic rings. The number of nitro groups is 2. The van der Waals surface area contributed by atoms with Crippen molar-refractivity contribution in [1.29, 1.82) is 0 Å². The van der Waals surface area contributed by atoms with E-state index in [4.69, 9.17) is 16.1 Å². The summed E-state index contributed by atoms with van der Waals surface area (Å²) in [7, 11) is 0. The highest BCUT2D eigenvalue weighted by Crippen LogP contribution is 2.47. The molecule has 158 valence electrons. The van der Waals surface area contributed by atoms with Crippen LogP contribution in [0.25, 0.3) is 0 Å². The molecule has 1 aromatic heterocycles. The van der Waals surface area contributed by atoms with Gasteiger partial charge in [0.05, 0.1) is 9.85 Å². The van der Waals surface area contributed by atoms with Crippen LogP contribution in [0.1, 0.15) is 11.1 Å². The Morgan fingerprint density at radius 1 is 0.806 bits per heavy atom. The Balaban J connectivity index is 1.96. The summed E-state index contributed by atoms with van der Waals surface area (Å²) >= 11 is 0. The zero-order chi connectivity index (χ0) is 22.4. The van der Waals surface area contributed by atoms with E-state index in [0.717, 1.165) is 0 Å². The standard InChI is InChI=1S/C18H16N8O5/c1-9-3-5-11(13(7-9)25(27)28)23-15(19)16(20)24(18-17(23)21-31-22-18)12-6-4-10(2)8-14(12)26(29)30/h3-8H,19-20H2,1-2H3. The van der Waals surface area contributed by atoms with Crippen LogP contribution in [0.5, 0.6) is 0 Å². The van der Waals surface area contributed by atoms with E-state index < -0.39 is 9.85 Å². The van der Waals surface area contributed by atoms with Crippen LogP contribution >= 0.6 is 0 Å². The van der Waals surface area contributed by atoms with Gasteiger partial charge in [-0.25, -0.2) is 4.63 Å². The number of hydrogen-bond acceptors (Lipinski definition) is 11. The molecule has 0 radical (unpaired) electrons. The van der Waals surface area contributed by atoms with E-state index >= 15 is 0 Å². The third-order valence-corrected chi connectivity index (χ3v) is 4.76. The highest BCUT2D eigenvalue weighted by molar-refractivity contribution is 5.88. The molecule has 0 fully saturated rings. The van der Waals surface area contributed by atoms with Crippen molar-refractivity contribution >= 4 is 34.4 Å². The largest absolute Gasteiger partial charge is 0.382 e. The molecule has 0 atom stereocenters. The Morgan fingerprint density at radius 3 is 1.55 bits per heavy atom. The van der Waals surface area contributed by atoms with Crippen LogP contribution in [0.15, 0.2) is 52.7 Å². The molecule has 0 amide bonds. The van der Waals surface area contributed by atoms with E-state index in [1.807, 2.05) is 0 Å². The molecule has 0 aliphatic carbocycles. The molecule has 1 aliphatic rings. The maximum atomic E-state index is 11.6. The van der Waals surface area contributed by atoms with Gasteiger partial charge in [0.1, 0.15) is 11.4 Å². The Kier molecular flexibility index (Phi) is 4.42. The Labute approximate surface area is 174 Å². The van der Waals surface area contributed by atoms with Crippen molar-refractivity contribution in [2.45, 2.75) is 13.8 Å². The first-order valence-corrected chi connectivity index (χ1v) is 8.88. The van der Waals surface area contributed by atoms with Crippen molar-refractivity contribution in [3.63, 3.8) is 0 Å². The van der Waals surface area contributed by atoms with E-state index in [0.29, 0.717) is 11.1 Å². The predicted molar refractivity (Wildman–Crippen MR) is 110 cm³/mol. The van der Waals surface area contributed by atoms with Gasteiger partial charge in [-0.1, -0.05) is 12.1 Å². The minimum absolute atomic E-state index is 0.00599. The molecule has 1 aliphatic heterocycles. The number of nitrogens with two attached hydrogens (primary N) is 2. The first-order chi connectivity index (χ1) is 14.7. The molecule has 13 nitrogen and oxygen atoms in total. The molecule has 0 unspecified atom stereocenters. The Bertz CT molecular complexity index is 1170. The molecule has 2 aromatic carbocycles. The predicted octanol–water partition coefficient (Wildman–Crippen LogP) is 2.84. The van der Waals surface area contributed by atoms with Crippen molar-refractivity contribution in [2.24, 2.45) is 11.5 Å². The van der Waals surface area contributed by atoms with Crippen LogP contribution in [0.2, 0.25) is 0 Å². The fourth-order valence-electron chi connectivity index (χ4n) is 3.34. The number of anilines is 4. The second-order valence-corrected chi connectivity index (χ2v) is 6.85. The van der Waals surface area contributed by atoms with Gasteiger partial charge in [-0.05, 0) is 47.4 Å². The van der Waals surface area contributed by atoms with Crippen molar-refractivity contribution in [3.05, 3.63) is 79.4 Å². The molecule has 0 spiro atoms. The van der Waals surface area contributed by atoms with Crippen molar-refractivity contribution in [1.82, 2.24) is 10.3 Å². The molecule has 2 heterocycles. The lowest BCUT2D eigenvalue weighted by Crippen LogP contribution is -2.39. The van der Waals surface area contributed by atoms with E-state index in [2.05, 4.69) is 10.3 Å². The summed E-state index contributed by atoms with van der Waals surface area (Å²) in [6, 6.07) is 9.07. The molecular weight excluding hydrogens is 408 g/mol. The number of aromatic nitrogens is 2. The van der Waals surface area contributed by atoms with Gasteiger partial charge in [-0.2, -0.15) is 0 Å². The number of rotatable bonds is 4. The summed E-state index contributed by atoms with van der Waals surface area (Å²) in [5.41, 5.74) is 13.5. The van der Waals surface area contributed by atoms with Crippen molar-refractivity contribution in [2.75, 3.05) is 9.80 Å². The quantitative estimate of drug-likeness (QED) is 0.463. The van der Waals surface area contributed by atoms with Gasteiger partial charge in [-0.15, -0.1) is 0 Å². The van der Waals surface area contributed by atoms with Gasteiger partial charge in [0.25, 0.3) is 11.4 Å². The van der Waals surface area contributed by atoms with E-state index in [-0.39, 0.29) is 46.0 Å². The average molecular weight is 424 g/mol. The van der Waals surface area contributed by atoms with Crippen LogP contribution in [0.4, 0.5) is 34.4 Å². The summed E-state index contributed by atoms with van der Waals surface area (Å²) in [6.07, 6.45) is 0. The van der Waals surface area contributed by atoms with Crippen LogP contribution < -0.4 is 21.3 Å². The van der Waals surface area contributed by atoms with Gasteiger partial charge in [0.15, 0.2) is 11.6 Å². The first kappa shape index (κ1) is 19.6. The fourth-order valence-corrected chi connectivity index (χ4v) is 3.34. The van der Waals surface area contributed by atoms with E-state index in [1.54, 1.807) is 26.0 Å². The summed E-state index contributed by atoms with van der Waals surface area (Å²) in [4.78, 5) is 24.6. The Hall–Kier alpha value is -4.68. The second-order valence-electron chi connectivity index (χ2n) is 6.85. The number of benzene rings is 2. The maximum Gasteiger partial charge on any atom is 0.293 e. The molecular formula is C18H16N8O5. The lowest BCUT2D eigenvalue weighted by Gasteiger charge is -2.33. The molecule has 0 saturated heterocycles. The minimum Gasteiger partial charge on any atom is -0.382 e. The highest BCUT2D eigenvalue weighted by atomic mass is 16.6. The van der Waals surface area contributed by atoms with E-state index in [1.165, 1.54) is 34.1 Å². The van der Waals surface area contributed by atoms with Crippen LogP contribution in [0.3, 0.4) is 0 Å². The highest BCUT2D eigenvalue weighted by Gasteiger charge is 2.39. The third-order valence-electron chi connectivity index (χ3n) is 4.76. The minimum atomic E-state index is -0.559. The summed E-state index contributed by atoms with van der Waals surface area (Å²) in [6.45, 7) is 3.42. The molecule has 4 rings (SSSR count). The van der Waals surface area contributed by atoms with Gasteiger partial charge in [-0.3, -0.25) is 30.0 Å². The monoisotopic (exact) mass is 424 g/mol. The van der Waals surface area contributed by atoms with Gasteiger partial charge in [0, 0.05) is 12.1 Å². The maximum absolute atomic E-state index is 11.6. The number of fused-ring (bicyclic) bond motifs is 1. The number of hydrogen-bond donors (Lipinski definition) is 2. The fraction of sp³-hybridized carbons (Fsp3) is 0.111. The van der Waals surface area contributed by atoms with Crippen molar-refractivity contribution in [3.8, 4) is 0 Å². The van der Waals surface area contributed by atoms with Gasteiger partial charge in [0.2, 0.25) is 11.6 Å². The molecule has 4 N–H and O–H groups in total. The molecule has 0 bridgehead atoms. The van der Waals surface area contributed by atoms with Crippen molar-refractivity contribution < 1.29 is 14.5 Å². The number of aryl methyl sites for hydroxylation is 2. The number of nitro benzene ring substituents is 2. The summed E-state index contributed by atoms with van der Waals surface area (Å²) in [5, 5.41) is 30.9.